The van der Waals surface area contributed by atoms with E-state index in [9.17, 15) is 13.2 Å². The van der Waals surface area contributed by atoms with Gasteiger partial charge in [0.1, 0.15) is 0 Å². The Hall–Kier alpha value is -0.880. The summed E-state index contributed by atoms with van der Waals surface area (Å²) >= 11 is 1.86. The van der Waals surface area contributed by atoms with Crippen LogP contribution in [0.3, 0.4) is 0 Å². The molecule has 0 bridgehead atoms. The lowest BCUT2D eigenvalue weighted by Gasteiger charge is -2.24. The standard InChI is InChI=1S/C15H21F3N2S/c1-2-19-11-12-4-5-13(10-14(12)15(16,17)18)20-6-3-8-21-9-7-20/h4-5,10,19H,2-3,6-9,11H2,1H3. The van der Waals surface area contributed by atoms with Crippen molar-refractivity contribution in [1.82, 2.24) is 5.32 Å². The number of rotatable bonds is 4. The fourth-order valence-electron chi connectivity index (χ4n) is 2.44. The first-order chi connectivity index (χ1) is 10.0. The monoisotopic (exact) mass is 318 g/mol. The normalized spacial score (nSPS) is 16.9. The highest BCUT2D eigenvalue weighted by atomic mass is 32.2. The first-order valence-corrected chi connectivity index (χ1v) is 8.41. The second-order valence-electron chi connectivity index (χ2n) is 5.07. The van der Waals surface area contributed by atoms with E-state index in [1.54, 1.807) is 6.07 Å². The van der Waals surface area contributed by atoms with Crippen LogP contribution in [0.4, 0.5) is 18.9 Å². The molecule has 2 rings (SSSR count). The second-order valence-corrected chi connectivity index (χ2v) is 6.30. The number of nitrogens with one attached hydrogen (secondary N) is 1. The van der Waals surface area contributed by atoms with Crippen molar-refractivity contribution in [2.75, 3.05) is 36.0 Å². The van der Waals surface area contributed by atoms with Gasteiger partial charge in [0.15, 0.2) is 0 Å². The number of hydrogen-bond acceptors (Lipinski definition) is 3. The van der Waals surface area contributed by atoms with Gasteiger partial charge in [0, 0.05) is 31.1 Å². The van der Waals surface area contributed by atoms with Crippen molar-refractivity contribution in [2.24, 2.45) is 0 Å². The number of halogens is 3. The lowest BCUT2D eigenvalue weighted by Crippen LogP contribution is -2.26. The third-order valence-electron chi connectivity index (χ3n) is 3.55. The molecule has 1 aromatic carbocycles. The van der Waals surface area contributed by atoms with Gasteiger partial charge in [-0.3, -0.25) is 0 Å². The predicted molar refractivity (Wildman–Crippen MR) is 83.0 cm³/mol. The molecule has 0 aliphatic carbocycles. The summed E-state index contributed by atoms with van der Waals surface area (Å²) in [7, 11) is 0. The number of hydrogen-bond donors (Lipinski definition) is 1. The van der Waals surface area contributed by atoms with Crippen LogP contribution >= 0.6 is 11.8 Å². The van der Waals surface area contributed by atoms with E-state index in [0.29, 0.717) is 17.8 Å². The zero-order valence-electron chi connectivity index (χ0n) is 12.2. The number of anilines is 1. The van der Waals surface area contributed by atoms with Gasteiger partial charge in [-0.2, -0.15) is 24.9 Å². The molecule has 1 aromatic rings. The molecule has 1 saturated heterocycles. The summed E-state index contributed by atoms with van der Waals surface area (Å²) in [5.74, 6) is 2.06. The van der Waals surface area contributed by atoms with E-state index in [1.807, 2.05) is 24.8 Å². The molecular formula is C15H21F3N2S. The molecular weight excluding hydrogens is 297 g/mol. The molecule has 1 heterocycles. The summed E-state index contributed by atoms with van der Waals surface area (Å²) in [6, 6.07) is 4.74. The van der Waals surface area contributed by atoms with Crippen LogP contribution in [0.15, 0.2) is 18.2 Å². The van der Waals surface area contributed by atoms with Crippen LogP contribution in [0.25, 0.3) is 0 Å². The Morgan fingerprint density at radius 1 is 1.24 bits per heavy atom. The van der Waals surface area contributed by atoms with Crippen molar-refractivity contribution in [1.29, 1.82) is 0 Å². The van der Waals surface area contributed by atoms with E-state index in [2.05, 4.69) is 10.2 Å². The van der Waals surface area contributed by atoms with E-state index in [0.717, 1.165) is 31.0 Å². The first-order valence-electron chi connectivity index (χ1n) is 7.26. The van der Waals surface area contributed by atoms with Crippen LogP contribution in [-0.4, -0.2) is 31.1 Å². The third-order valence-corrected chi connectivity index (χ3v) is 4.60. The van der Waals surface area contributed by atoms with Crippen molar-refractivity contribution >= 4 is 17.4 Å². The van der Waals surface area contributed by atoms with Crippen molar-refractivity contribution in [2.45, 2.75) is 26.1 Å². The molecule has 0 saturated carbocycles. The molecule has 0 radical (unpaired) electrons. The zero-order chi connectivity index (χ0) is 15.3. The van der Waals surface area contributed by atoms with Crippen molar-refractivity contribution in [3.63, 3.8) is 0 Å². The highest BCUT2D eigenvalue weighted by Crippen LogP contribution is 2.35. The van der Waals surface area contributed by atoms with Crippen molar-refractivity contribution < 1.29 is 13.2 Å². The molecule has 2 nitrogen and oxygen atoms in total. The van der Waals surface area contributed by atoms with Gasteiger partial charge in [0.2, 0.25) is 0 Å². The SMILES string of the molecule is CCNCc1ccc(N2CCCSCC2)cc1C(F)(F)F. The molecule has 1 N–H and O–H groups in total. The molecule has 1 aliphatic rings. The first kappa shape index (κ1) is 16.5. The van der Waals surface area contributed by atoms with Gasteiger partial charge in [-0.15, -0.1) is 0 Å². The fraction of sp³-hybridized carbons (Fsp3) is 0.600. The average molecular weight is 318 g/mol. The maximum atomic E-state index is 13.3. The largest absolute Gasteiger partial charge is 0.416 e. The second kappa shape index (κ2) is 7.40. The van der Waals surface area contributed by atoms with Crippen LogP contribution in [0.1, 0.15) is 24.5 Å². The molecule has 1 aliphatic heterocycles. The molecule has 0 amide bonds. The van der Waals surface area contributed by atoms with Gasteiger partial charge in [-0.1, -0.05) is 13.0 Å². The van der Waals surface area contributed by atoms with Crippen LogP contribution < -0.4 is 10.2 Å². The van der Waals surface area contributed by atoms with Gasteiger partial charge >= 0.3 is 6.18 Å². The molecule has 0 aromatic heterocycles. The maximum absolute atomic E-state index is 13.3. The Balaban J connectivity index is 2.27. The quantitative estimate of drug-likeness (QED) is 0.910. The number of benzene rings is 1. The highest BCUT2D eigenvalue weighted by molar-refractivity contribution is 7.99. The minimum atomic E-state index is -4.30. The van der Waals surface area contributed by atoms with E-state index >= 15 is 0 Å². The number of thioether (sulfide) groups is 1. The van der Waals surface area contributed by atoms with E-state index < -0.39 is 11.7 Å². The molecule has 118 valence electrons. The van der Waals surface area contributed by atoms with Crippen LogP contribution in [0.2, 0.25) is 0 Å². The van der Waals surface area contributed by atoms with Gasteiger partial charge in [-0.25, -0.2) is 0 Å². The van der Waals surface area contributed by atoms with Gasteiger partial charge in [-0.05, 0) is 36.4 Å². The van der Waals surface area contributed by atoms with Gasteiger partial charge in [0.05, 0.1) is 5.56 Å². The fourth-order valence-corrected chi connectivity index (χ4v) is 3.33. The molecule has 0 unspecified atom stereocenters. The topological polar surface area (TPSA) is 15.3 Å². The van der Waals surface area contributed by atoms with Crippen LogP contribution in [0, 0.1) is 0 Å². The van der Waals surface area contributed by atoms with E-state index in [4.69, 9.17) is 0 Å². The molecule has 6 heteroatoms. The average Bonchev–Trinajstić information content (AvgIpc) is 2.73. The maximum Gasteiger partial charge on any atom is 0.416 e. The minimum Gasteiger partial charge on any atom is -0.371 e. The lowest BCUT2D eigenvalue weighted by molar-refractivity contribution is -0.138. The van der Waals surface area contributed by atoms with E-state index in [-0.39, 0.29) is 6.54 Å². The summed E-state index contributed by atoms with van der Waals surface area (Å²) in [6.07, 6.45) is -3.29. The van der Waals surface area contributed by atoms with Crippen molar-refractivity contribution in [3.8, 4) is 0 Å². The minimum absolute atomic E-state index is 0.251. The predicted octanol–water partition coefficient (Wildman–Crippen LogP) is 3.76. The van der Waals surface area contributed by atoms with Gasteiger partial charge in [0.25, 0.3) is 0 Å². The van der Waals surface area contributed by atoms with Gasteiger partial charge < -0.3 is 10.2 Å². The number of alkyl halides is 3. The molecule has 21 heavy (non-hydrogen) atoms. The Kier molecular flexibility index (Phi) is 5.81. The summed E-state index contributed by atoms with van der Waals surface area (Å²) in [5, 5.41) is 2.97. The van der Waals surface area contributed by atoms with E-state index in [1.165, 1.54) is 6.07 Å². The number of nitrogens with zero attached hydrogens (tertiary/aromatic N) is 1. The lowest BCUT2D eigenvalue weighted by atomic mass is 10.0. The Labute approximate surface area is 128 Å². The third kappa shape index (κ3) is 4.54. The molecule has 1 fully saturated rings. The Bertz CT molecular complexity index is 455. The summed E-state index contributed by atoms with van der Waals surface area (Å²) in [4.78, 5) is 2.06. The summed E-state index contributed by atoms with van der Waals surface area (Å²) in [6.45, 7) is 4.44. The Morgan fingerprint density at radius 3 is 2.76 bits per heavy atom. The summed E-state index contributed by atoms with van der Waals surface area (Å²) < 4.78 is 39.8. The molecule has 0 atom stereocenters. The molecule has 0 spiro atoms. The highest BCUT2D eigenvalue weighted by Gasteiger charge is 2.33. The zero-order valence-corrected chi connectivity index (χ0v) is 13.0. The van der Waals surface area contributed by atoms with Crippen LogP contribution in [0.5, 0.6) is 0 Å². The Morgan fingerprint density at radius 2 is 2.05 bits per heavy atom. The van der Waals surface area contributed by atoms with Crippen molar-refractivity contribution in [3.05, 3.63) is 29.3 Å². The smallest absolute Gasteiger partial charge is 0.371 e. The van der Waals surface area contributed by atoms with Crippen LogP contribution in [-0.2, 0) is 12.7 Å². The summed E-state index contributed by atoms with van der Waals surface area (Å²) in [5.41, 5.74) is 0.486.